The van der Waals surface area contributed by atoms with Crippen molar-refractivity contribution in [2.45, 2.75) is 6.42 Å². The molecule has 1 heterocycles. The number of aromatic nitrogens is 1. The van der Waals surface area contributed by atoms with E-state index >= 15 is 0 Å². The van der Waals surface area contributed by atoms with Gasteiger partial charge < -0.3 is 9.72 Å². The van der Waals surface area contributed by atoms with Gasteiger partial charge >= 0.3 is 5.97 Å². The van der Waals surface area contributed by atoms with Crippen LogP contribution in [0.4, 0.5) is 0 Å². The number of para-hydroxylation sites is 1. The van der Waals surface area contributed by atoms with Crippen LogP contribution in [0.25, 0.3) is 21.7 Å². The molecule has 0 radical (unpaired) electrons. The van der Waals surface area contributed by atoms with Crippen molar-refractivity contribution in [3.8, 4) is 5.75 Å². The first kappa shape index (κ1) is 15.1. The van der Waals surface area contributed by atoms with Crippen molar-refractivity contribution in [2.75, 3.05) is 0 Å². The first-order valence-electron chi connectivity index (χ1n) is 7.99. The van der Waals surface area contributed by atoms with E-state index in [-0.39, 0.29) is 6.42 Å². The number of rotatable bonds is 4. The number of carbonyl (C=O) groups excluding carboxylic acids is 2. The van der Waals surface area contributed by atoms with Gasteiger partial charge in [0.1, 0.15) is 5.75 Å². The van der Waals surface area contributed by atoms with Gasteiger partial charge in [0.05, 0.1) is 12.0 Å². The molecule has 0 saturated heterocycles. The highest BCUT2D eigenvalue weighted by Gasteiger charge is 2.14. The molecule has 4 heteroatoms. The Balaban J connectivity index is 1.62. The SMILES string of the molecule is O=Cc1c(OC(=O)Cc2c[nH]c3ccccc23)ccc2ccccc12. The molecule has 0 unspecified atom stereocenters. The number of benzene rings is 3. The average Bonchev–Trinajstić information content (AvgIpc) is 3.04. The first-order valence-corrected chi connectivity index (χ1v) is 7.99. The second-order valence-corrected chi connectivity index (χ2v) is 5.83. The summed E-state index contributed by atoms with van der Waals surface area (Å²) in [6.45, 7) is 0. The average molecular weight is 329 g/mol. The standard InChI is InChI=1S/C21H15NO3/c23-13-18-16-6-2-1-5-14(16)9-10-20(18)25-21(24)11-15-12-22-19-8-4-3-7-17(15)19/h1-10,12-13,22H,11H2. The lowest BCUT2D eigenvalue weighted by Gasteiger charge is -2.09. The Morgan fingerprint density at radius 2 is 1.72 bits per heavy atom. The molecule has 25 heavy (non-hydrogen) atoms. The Labute approximate surface area is 144 Å². The molecule has 4 nitrogen and oxygen atoms in total. The molecule has 0 aliphatic rings. The van der Waals surface area contributed by atoms with Gasteiger partial charge in [-0.15, -0.1) is 0 Å². The van der Waals surface area contributed by atoms with Crippen molar-refractivity contribution in [3.63, 3.8) is 0 Å². The summed E-state index contributed by atoms with van der Waals surface area (Å²) in [5, 5.41) is 2.70. The molecule has 0 amide bonds. The van der Waals surface area contributed by atoms with Crippen molar-refractivity contribution in [3.05, 3.63) is 78.0 Å². The summed E-state index contributed by atoms with van der Waals surface area (Å²) >= 11 is 0. The molecule has 0 aliphatic carbocycles. The molecule has 0 fully saturated rings. The maximum Gasteiger partial charge on any atom is 0.315 e. The molecule has 0 saturated carbocycles. The Morgan fingerprint density at radius 1 is 0.960 bits per heavy atom. The van der Waals surface area contributed by atoms with Crippen molar-refractivity contribution in [1.29, 1.82) is 0 Å². The van der Waals surface area contributed by atoms with Crippen LogP contribution in [0.1, 0.15) is 15.9 Å². The quantitative estimate of drug-likeness (QED) is 0.345. The predicted molar refractivity (Wildman–Crippen MR) is 97.0 cm³/mol. The second kappa shape index (κ2) is 6.24. The number of fused-ring (bicyclic) bond motifs is 2. The van der Waals surface area contributed by atoms with Crippen molar-refractivity contribution < 1.29 is 14.3 Å². The smallest absolute Gasteiger partial charge is 0.315 e. The summed E-state index contributed by atoms with van der Waals surface area (Å²) in [6, 6.07) is 18.8. The highest BCUT2D eigenvalue weighted by molar-refractivity contribution is 6.01. The number of carbonyl (C=O) groups is 2. The van der Waals surface area contributed by atoms with Gasteiger partial charge in [0.2, 0.25) is 0 Å². The van der Waals surface area contributed by atoms with Gasteiger partial charge in [-0.1, -0.05) is 48.5 Å². The zero-order chi connectivity index (χ0) is 17.2. The van der Waals surface area contributed by atoms with Gasteiger partial charge in [0.25, 0.3) is 0 Å². The van der Waals surface area contributed by atoms with Gasteiger partial charge in [0.15, 0.2) is 6.29 Å². The zero-order valence-corrected chi connectivity index (χ0v) is 13.4. The molecule has 0 aliphatic heterocycles. The maximum absolute atomic E-state index is 12.4. The predicted octanol–water partition coefficient (Wildman–Crippen LogP) is 4.28. The number of nitrogens with one attached hydrogen (secondary N) is 1. The number of hydrogen-bond acceptors (Lipinski definition) is 3. The number of aldehydes is 1. The minimum atomic E-state index is -0.400. The molecule has 1 aromatic heterocycles. The third-order valence-electron chi connectivity index (χ3n) is 4.28. The lowest BCUT2D eigenvalue weighted by molar-refractivity contribution is -0.133. The number of ether oxygens (including phenoxy) is 1. The highest BCUT2D eigenvalue weighted by Crippen LogP contribution is 2.27. The summed E-state index contributed by atoms with van der Waals surface area (Å²) in [5.74, 6) is -0.110. The lowest BCUT2D eigenvalue weighted by Crippen LogP contribution is -2.12. The minimum absolute atomic E-state index is 0.134. The Kier molecular flexibility index (Phi) is 3.78. The van der Waals surface area contributed by atoms with Gasteiger partial charge in [-0.05, 0) is 28.5 Å². The van der Waals surface area contributed by atoms with Crippen LogP contribution >= 0.6 is 0 Å². The summed E-state index contributed by atoms with van der Waals surface area (Å²) < 4.78 is 5.48. The van der Waals surface area contributed by atoms with Gasteiger partial charge in [-0.3, -0.25) is 9.59 Å². The van der Waals surface area contributed by atoms with E-state index in [9.17, 15) is 9.59 Å². The molecular formula is C21H15NO3. The lowest BCUT2D eigenvalue weighted by atomic mass is 10.0. The van der Waals surface area contributed by atoms with E-state index in [1.165, 1.54) is 0 Å². The topological polar surface area (TPSA) is 59.2 Å². The fourth-order valence-electron chi connectivity index (χ4n) is 3.08. The van der Waals surface area contributed by atoms with E-state index in [1.807, 2.05) is 60.8 Å². The number of hydrogen-bond donors (Lipinski definition) is 1. The largest absolute Gasteiger partial charge is 0.425 e. The van der Waals surface area contributed by atoms with Crippen LogP contribution in [0, 0.1) is 0 Å². The highest BCUT2D eigenvalue weighted by atomic mass is 16.5. The van der Waals surface area contributed by atoms with Crippen LogP contribution in [-0.4, -0.2) is 17.2 Å². The number of aromatic amines is 1. The Hall–Kier alpha value is -3.40. The van der Waals surface area contributed by atoms with Crippen LogP contribution in [0.5, 0.6) is 5.75 Å². The molecule has 122 valence electrons. The Morgan fingerprint density at radius 3 is 2.56 bits per heavy atom. The van der Waals surface area contributed by atoms with Crippen molar-refractivity contribution in [1.82, 2.24) is 4.98 Å². The Bertz CT molecular complexity index is 1090. The minimum Gasteiger partial charge on any atom is -0.425 e. The molecule has 0 bridgehead atoms. The molecule has 1 N–H and O–H groups in total. The van der Waals surface area contributed by atoms with Crippen LogP contribution < -0.4 is 4.74 Å². The van der Waals surface area contributed by atoms with Crippen LogP contribution in [0.15, 0.2) is 66.9 Å². The van der Waals surface area contributed by atoms with E-state index in [4.69, 9.17) is 4.74 Å². The first-order chi connectivity index (χ1) is 12.3. The molecular weight excluding hydrogens is 314 g/mol. The third-order valence-corrected chi connectivity index (χ3v) is 4.28. The summed E-state index contributed by atoms with van der Waals surface area (Å²) in [5.41, 5.74) is 2.24. The summed E-state index contributed by atoms with van der Waals surface area (Å²) in [6.07, 6.45) is 2.68. The normalized spacial score (nSPS) is 10.9. The number of H-pyrrole nitrogens is 1. The van der Waals surface area contributed by atoms with Gasteiger partial charge in [-0.25, -0.2) is 0 Å². The van der Waals surface area contributed by atoms with Crippen LogP contribution in [0.3, 0.4) is 0 Å². The van der Waals surface area contributed by atoms with Gasteiger partial charge in [-0.2, -0.15) is 0 Å². The van der Waals surface area contributed by atoms with Gasteiger partial charge in [0, 0.05) is 17.1 Å². The van der Waals surface area contributed by atoms with E-state index in [0.717, 1.165) is 33.5 Å². The van der Waals surface area contributed by atoms with E-state index in [0.29, 0.717) is 11.3 Å². The van der Waals surface area contributed by atoms with E-state index < -0.39 is 5.97 Å². The molecule has 0 spiro atoms. The fourth-order valence-corrected chi connectivity index (χ4v) is 3.08. The summed E-state index contributed by atoms with van der Waals surface area (Å²) in [4.78, 5) is 27.0. The fraction of sp³-hybridized carbons (Fsp3) is 0.0476. The maximum atomic E-state index is 12.4. The molecule has 4 rings (SSSR count). The van der Waals surface area contributed by atoms with Crippen molar-refractivity contribution >= 4 is 33.9 Å². The van der Waals surface area contributed by atoms with Crippen LogP contribution in [0.2, 0.25) is 0 Å². The monoisotopic (exact) mass is 329 g/mol. The van der Waals surface area contributed by atoms with Crippen molar-refractivity contribution in [2.24, 2.45) is 0 Å². The van der Waals surface area contributed by atoms with E-state index in [1.54, 1.807) is 6.07 Å². The second-order valence-electron chi connectivity index (χ2n) is 5.83. The number of esters is 1. The molecule has 0 atom stereocenters. The van der Waals surface area contributed by atoms with Crippen LogP contribution in [-0.2, 0) is 11.2 Å². The summed E-state index contributed by atoms with van der Waals surface area (Å²) in [7, 11) is 0. The molecule has 3 aromatic carbocycles. The zero-order valence-electron chi connectivity index (χ0n) is 13.4. The van der Waals surface area contributed by atoms with E-state index in [2.05, 4.69) is 4.98 Å². The molecule has 4 aromatic rings. The third kappa shape index (κ3) is 2.78.